The molecule has 9 heteroatoms. The van der Waals surface area contributed by atoms with E-state index in [-0.39, 0.29) is 17.3 Å². The first-order valence-electron chi connectivity index (χ1n) is 13.2. The molecule has 0 unspecified atom stereocenters. The van der Waals surface area contributed by atoms with Crippen LogP contribution in [0.5, 0.6) is 0 Å². The second-order valence-electron chi connectivity index (χ2n) is 10.9. The van der Waals surface area contributed by atoms with Gasteiger partial charge >= 0.3 is 0 Å². The summed E-state index contributed by atoms with van der Waals surface area (Å²) in [6, 6.07) is 19.9. The molecule has 1 atom stereocenters. The van der Waals surface area contributed by atoms with E-state index in [0.29, 0.717) is 22.7 Å². The van der Waals surface area contributed by atoms with Gasteiger partial charge in [-0.2, -0.15) is 0 Å². The first-order chi connectivity index (χ1) is 18.7. The van der Waals surface area contributed by atoms with Crippen molar-refractivity contribution in [3.8, 4) is 0 Å². The maximum atomic E-state index is 14.1. The molecule has 2 amide bonds. The normalized spacial score (nSPS) is 12.5. The maximum absolute atomic E-state index is 14.1. The molecule has 1 N–H and O–H groups in total. The van der Waals surface area contributed by atoms with Gasteiger partial charge < -0.3 is 10.2 Å². The van der Waals surface area contributed by atoms with Gasteiger partial charge in [0.2, 0.25) is 11.8 Å². The molecule has 40 heavy (non-hydrogen) atoms. The third kappa shape index (κ3) is 7.86. The molecule has 0 aliphatic rings. The number of nitrogens with zero attached hydrogens (tertiary/aromatic N) is 2. The number of rotatable bonds is 10. The van der Waals surface area contributed by atoms with Crippen LogP contribution in [-0.4, -0.2) is 43.3 Å². The van der Waals surface area contributed by atoms with Crippen LogP contribution in [0.4, 0.5) is 5.69 Å². The number of carbonyl (C=O) groups is 2. The number of hydrogen-bond donors (Lipinski definition) is 1. The van der Waals surface area contributed by atoms with E-state index in [4.69, 9.17) is 11.6 Å². The Balaban J connectivity index is 2.10. The van der Waals surface area contributed by atoms with E-state index in [1.165, 1.54) is 17.0 Å². The van der Waals surface area contributed by atoms with Crippen molar-refractivity contribution in [2.45, 2.75) is 71.0 Å². The topological polar surface area (TPSA) is 86.8 Å². The van der Waals surface area contributed by atoms with Crippen molar-refractivity contribution in [2.75, 3.05) is 10.8 Å². The van der Waals surface area contributed by atoms with Gasteiger partial charge in [0.25, 0.3) is 10.0 Å². The molecule has 0 fully saturated rings. The fourth-order valence-electron chi connectivity index (χ4n) is 4.35. The summed E-state index contributed by atoms with van der Waals surface area (Å²) in [5.74, 6) is -0.805. The predicted molar refractivity (Wildman–Crippen MR) is 161 cm³/mol. The second-order valence-corrected chi connectivity index (χ2v) is 13.2. The lowest BCUT2D eigenvalue weighted by molar-refractivity contribution is -0.141. The molecule has 0 aliphatic heterocycles. The Morgan fingerprint density at radius 1 is 0.950 bits per heavy atom. The summed E-state index contributed by atoms with van der Waals surface area (Å²) in [7, 11) is -4.17. The smallest absolute Gasteiger partial charge is 0.264 e. The average Bonchev–Trinajstić information content (AvgIpc) is 2.88. The van der Waals surface area contributed by atoms with Gasteiger partial charge in [0, 0.05) is 17.1 Å². The summed E-state index contributed by atoms with van der Waals surface area (Å²) in [6.45, 7) is 10.7. The van der Waals surface area contributed by atoms with Crippen LogP contribution in [0.3, 0.4) is 0 Å². The van der Waals surface area contributed by atoms with Crippen molar-refractivity contribution >= 4 is 39.1 Å². The number of amides is 2. The van der Waals surface area contributed by atoms with E-state index < -0.39 is 34.1 Å². The largest absolute Gasteiger partial charge is 0.350 e. The van der Waals surface area contributed by atoms with Crippen molar-refractivity contribution in [2.24, 2.45) is 0 Å². The molecule has 0 heterocycles. The summed E-state index contributed by atoms with van der Waals surface area (Å²) >= 11 is 6.29. The SMILES string of the molecule is CC[C@@H](C(=O)NC(C)(C)C)N(Cc1ccccc1)C(=O)CN(c1cc(Cl)ccc1C)S(=O)(=O)c1ccc(C)cc1. The number of anilines is 1. The molecule has 0 bridgehead atoms. The van der Waals surface area contributed by atoms with Crippen LogP contribution >= 0.6 is 11.6 Å². The number of benzene rings is 3. The van der Waals surface area contributed by atoms with Gasteiger partial charge in [0.1, 0.15) is 12.6 Å². The highest BCUT2D eigenvalue weighted by Gasteiger charge is 2.35. The van der Waals surface area contributed by atoms with E-state index in [2.05, 4.69) is 5.32 Å². The molecule has 214 valence electrons. The summed E-state index contributed by atoms with van der Waals surface area (Å²) in [5, 5.41) is 3.31. The second kappa shape index (κ2) is 12.9. The van der Waals surface area contributed by atoms with Crippen molar-refractivity contribution in [1.82, 2.24) is 10.2 Å². The number of carbonyl (C=O) groups excluding carboxylic acids is 2. The lowest BCUT2D eigenvalue weighted by Crippen LogP contribution is -2.55. The van der Waals surface area contributed by atoms with E-state index in [1.54, 1.807) is 37.3 Å². The van der Waals surface area contributed by atoms with Gasteiger partial charge in [-0.1, -0.05) is 72.6 Å². The number of halogens is 1. The summed E-state index contributed by atoms with van der Waals surface area (Å²) in [6.07, 6.45) is 0.349. The highest BCUT2D eigenvalue weighted by molar-refractivity contribution is 7.92. The van der Waals surface area contributed by atoms with Crippen LogP contribution < -0.4 is 9.62 Å². The number of nitrogens with one attached hydrogen (secondary N) is 1. The molecular weight excluding hydrogens is 546 g/mol. The minimum Gasteiger partial charge on any atom is -0.350 e. The van der Waals surface area contributed by atoms with Crippen molar-refractivity contribution in [3.63, 3.8) is 0 Å². The first-order valence-corrected chi connectivity index (χ1v) is 15.1. The molecule has 0 radical (unpaired) electrons. The van der Waals surface area contributed by atoms with Crippen LogP contribution in [0.25, 0.3) is 0 Å². The Bertz CT molecular complexity index is 1440. The molecule has 3 rings (SSSR count). The van der Waals surface area contributed by atoms with Gasteiger partial charge in [-0.05, 0) is 76.4 Å². The van der Waals surface area contributed by atoms with Gasteiger partial charge in [-0.3, -0.25) is 13.9 Å². The lowest BCUT2D eigenvalue weighted by atomic mass is 10.1. The Hall–Kier alpha value is -3.36. The molecule has 0 aliphatic carbocycles. The molecule has 0 aromatic heterocycles. The third-order valence-corrected chi connectivity index (χ3v) is 8.42. The molecule has 7 nitrogen and oxygen atoms in total. The summed E-state index contributed by atoms with van der Waals surface area (Å²) < 4.78 is 29.1. The number of hydrogen-bond acceptors (Lipinski definition) is 4. The number of sulfonamides is 1. The van der Waals surface area contributed by atoms with Crippen molar-refractivity contribution < 1.29 is 18.0 Å². The van der Waals surface area contributed by atoms with E-state index in [1.807, 2.05) is 65.0 Å². The van der Waals surface area contributed by atoms with Gasteiger partial charge in [0.15, 0.2) is 0 Å². The van der Waals surface area contributed by atoms with Crippen LogP contribution in [0, 0.1) is 13.8 Å². The molecular formula is C31H38ClN3O4S. The van der Waals surface area contributed by atoms with E-state index in [0.717, 1.165) is 15.4 Å². The third-order valence-electron chi connectivity index (χ3n) is 6.41. The van der Waals surface area contributed by atoms with Crippen LogP contribution in [-0.2, 0) is 26.2 Å². The molecule has 3 aromatic rings. The standard InChI is InChI=1S/C31H38ClN3O4S/c1-7-27(30(37)33-31(4,5)6)34(20-24-11-9-8-10-12-24)29(36)21-35(28-19-25(32)16-15-23(28)3)40(38,39)26-17-13-22(2)14-18-26/h8-19,27H,7,20-21H2,1-6H3,(H,33,37)/t27-/m0/s1. The van der Waals surface area contributed by atoms with Gasteiger partial charge in [-0.25, -0.2) is 8.42 Å². The molecule has 0 saturated carbocycles. The number of aryl methyl sites for hydroxylation is 2. The fourth-order valence-corrected chi connectivity index (χ4v) is 5.99. The van der Waals surface area contributed by atoms with Gasteiger partial charge in [-0.15, -0.1) is 0 Å². The monoisotopic (exact) mass is 583 g/mol. The van der Waals surface area contributed by atoms with Crippen LogP contribution in [0.15, 0.2) is 77.7 Å². The van der Waals surface area contributed by atoms with Crippen molar-refractivity contribution in [1.29, 1.82) is 0 Å². The Kier molecular flexibility index (Phi) is 10.0. The lowest BCUT2D eigenvalue weighted by Gasteiger charge is -2.35. The summed E-state index contributed by atoms with van der Waals surface area (Å²) in [4.78, 5) is 29.0. The first kappa shape index (κ1) is 31.2. The highest BCUT2D eigenvalue weighted by Crippen LogP contribution is 2.30. The van der Waals surface area contributed by atoms with E-state index in [9.17, 15) is 18.0 Å². The van der Waals surface area contributed by atoms with Crippen molar-refractivity contribution in [3.05, 3.63) is 94.5 Å². The van der Waals surface area contributed by atoms with Gasteiger partial charge in [0.05, 0.1) is 10.6 Å². The Morgan fingerprint density at radius 2 is 1.57 bits per heavy atom. The summed E-state index contributed by atoms with van der Waals surface area (Å²) in [5.41, 5.74) is 2.16. The zero-order valence-electron chi connectivity index (χ0n) is 23.9. The minimum atomic E-state index is -4.17. The average molecular weight is 584 g/mol. The zero-order valence-corrected chi connectivity index (χ0v) is 25.5. The quantitative estimate of drug-likeness (QED) is 0.323. The Labute approximate surface area is 243 Å². The fraction of sp³-hybridized carbons (Fsp3) is 0.355. The Morgan fingerprint density at radius 3 is 2.15 bits per heavy atom. The predicted octanol–water partition coefficient (Wildman–Crippen LogP) is 5.87. The highest BCUT2D eigenvalue weighted by atomic mass is 35.5. The maximum Gasteiger partial charge on any atom is 0.264 e. The van der Waals surface area contributed by atoms with Crippen LogP contribution in [0.1, 0.15) is 50.8 Å². The van der Waals surface area contributed by atoms with E-state index >= 15 is 0 Å². The molecule has 0 saturated heterocycles. The molecule has 0 spiro atoms. The molecule has 3 aromatic carbocycles. The zero-order chi connectivity index (χ0) is 29.7. The minimum absolute atomic E-state index is 0.0532. The van der Waals surface area contributed by atoms with Crippen LogP contribution in [0.2, 0.25) is 5.02 Å².